The Morgan fingerprint density at radius 2 is 1.87 bits per heavy atom. The van der Waals surface area contributed by atoms with Crippen molar-refractivity contribution >= 4 is 32.9 Å². The summed E-state index contributed by atoms with van der Waals surface area (Å²) in [6, 6.07) is 10.4. The number of rotatable bonds is 5. The minimum Gasteiger partial charge on any atom is -0.493 e. The van der Waals surface area contributed by atoms with Gasteiger partial charge in [0.2, 0.25) is 0 Å². The summed E-state index contributed by atoms with van der Waals surface area (Å²) in [6.45, 7) is 1.92. The number of methoxy groups -OCH3 is 2. The van der Waals surface area contributed by atoms with E-state index < -0.39 is 5.60 Å². The van der Waals surface area contributed by atoms with E-state index >= 15 is 0 Å². The second-order valence-electron chi connectivity index (χ2n) is 8.40. The fourth-order valence-electron chi connectivity index (χ4n) is 4.20. The summed E-state index contributed by atoms with van der Waals surface area (Å²) in [5.74, 6) is 2.26. The van der Waals surface area contributed by atoms with Gasteiger partial charge >= 0.3 is 0 Å². The number of fused-ring (bicyclic) bond motifs is 2. The van der Waals surface area contributed by atoms with E-state index in [0.717, 1.165) is 63.6 Å². The summed E-state index contributed by atoms with van der Waals surface area (Å²) in [5, 5.41) is 19.6. The molecule has 4 aromatic rings. The number of hydrogen-bond acceptors (Lipinski definition) is 7. The minimum absolute atomic E-state index is 0.321. The highest BCUT2D eigenvalue weighted by molar-refractivity contribution is 7.22. The van der Waals surface area contributed by atoms with Crippen LogP contribution in [0.5, 0.6) is 11.5 Å². The average Bonchev–Trinajstić information content (AvgIpc) is 3.37. The maximum Gasteiger partial charge on any atom is 0.162 e. The van der Waals surface area contributed by atoms with Crippen molar-refractivity contribution in [3.05, 3.63) is 36.5 Å². The third kappa shape index (κ3) is 3.81. The Bertz CT molecular complexity index is 1200. The standard InChI is InChI=1S/C23H26N4O3S/c1-23(28)8-6-15(7-9-23)25-21-4-5-22-24-13-16(27(22)26-21)20-11-14-10-17(29-2)18(30-3)12-19(14)31-20/h4-5,10-13,15,28H,6-9H2,1-3H3,(H,25,26)/t15-,23-. The van der Waals surface area contributed by atoms with Gasteiger partial charge in [-0.25, -0.2) is 9.50 Å². The molecule has 7 nitrogen and oxygen atoms in total. The molecule has 162 valence electrons. The molecule has 0 aliphatic heterocycles. The van der Waals surface area contributed by atoms with Gasteiger partial charge in [-0.1, -0.05) is 0 Å². The van der Waals surface area contributed by atoms with Crippen molar-refractivity contribution in [1.29, 1.82) is 0 Å². The Labute approximate surface area is 184 Å². The molecule has 0 unspecified atom stereocenters. The molecule has 31 heavy (non-hydrogen) atoms. The third-order valence-electron chi connectivity index (χ3n) is 6.05. The zero-order valence-corrected chi connectivity index (χ0v) is 18.7. The number of benzene rings is 1. The van der Waals surface area contributed by atoms with Crippen LogP contribution in [0.2, 0.25) is 0 Å². The van der Waals surface area contributed by atoms with Crippen molar-refractivity contribution in [3.63, 3.8) is 0 Å². The van der Waals surface area contributed by atoms with Gasteiger partial charge < -0.3 is 19.9 Å². The number of thiophene rings is 1. The molecule has 0 amide bonds. The van der Waals surface area contributed by atoms with Crippen LogP contribution in [-0.4, -0.2) is 45.6 Å². The van der Waals surface area contributed by atoms with E-state index in [-0.39, 0.29) is 0 Å². The summed E-state index contributed by atoms with van der Waals surface area (Å²) >= 11 is 1.68. The first-order chi connectivity index (χ1) is 15.0. The van der Waals surface area contributed by atoms with Crippen LogP contribution in [0.4, 0.5) is 5.82 Å². The first-order valence-corrected chi connectivity index (χ1v) is 11.3. The molecule has 0 bridgehead atoms. The number of aliphatic hydroxyl groups is 1. The first-order valence-electron chi connectivity index (χ1n) is 10.5. The summed E-state index contributed by atoms with van der Waals surface area (Å²) in [6.07, 6.45) is 5.34. The quantitative estimate of drug-likeness (QED) is 0.469. The van der Waals surface area contributed by atoms with Gasteiger partial charge in [0.05, 0.1) is 30.9 Å². The summed E-state index contributed by atoms with van der Waals surface area (Å²) in [7, 11) is 3.29. The van der Waals surface area contributed by atoms with Gasteiger partial charge in [-0.05, 0) is 62.3 Å². The second-order valence-corrected chi connectivity index (χ2v) is 9.49. The maximum atomic E-state index is 10.2. The van der Waals surface area contributed by atoms with Crippen LogP contribution < -0.4 is 14.8 Å². The Kier molecular flexibility index (Phi) is 4.98. The van der Waals surface area contributed by atoms with Gasteiger partial charge in [-0.15, -0.1) is 16.4 Å². The zero-order valence-electron chi connectivity index (χ0n) is 17.9. The van der Waals surface area contributed by atoms with Crippen molar-refractivity contribution in [2.75, 3.05) is 19.5 Å². The Morgan fingerprint density at radius 3 is 2.61 bits per heavy atom. The fourth-order valence-corrected chi connectivity index (χ4v) is 5.27. The Morgan fingerprint density at radius 1 is 1.13 bits per heavy atom. The Hall–Kier alpha value is -2.84. The number of nitrogens with one attached hydrogen (secondary N) is 1. The monoisotopic (exact) mass is 438 g/mol. The highest BCUT2D eigenvalue weighted by Crippen LogP contribution is 2.40. The number of nitrogens with zero attached hydrogens (tertiary/aromatic N) is 3. The van der Waals surface area contributed by atoms with E-state index in [2.05, 4.69) is 16.4 Å². The number of hydrogen-bond donors (Lipinski definition) is 2. The Balaban J connectivity index is 1.47. The zero-order chi connectivity index (χ0) is 21.6. The normalized spacial score (nSPS) is 21.5. The maximum absolute atomic E-state index is 10.2. The molecular weight excluding hydrogens is 412 g/mol. The molecule has 0 saturated heterocycles. The topological polar surface area (TPSA) is 80.9 Å². The smallest absolute Gasteiger partial charge is 0.162 e. The lowest BCUT2D eigenvalue weighted by Gasteiger charge is -2.33. The fraction of sp³-hybridized carbons (Fsp3) is 0.391. The number of anilines is 1. The lowest BCUT2D eigenvalue weighted by Crippen LogP contribution is -2.36. The van der Waals surface area contributed by atoms with Crippen LogP contribution in [0, 0.1) is 0 Å². The molecule has 8 heteroatoms. The number of imidazole rings is 1. The van der Waals surface area contributed by atoms with Crippen LogP contribution in [0.1, 0.15) is 32.6 Å². The van der Waals surface area contributed by atoms with Gasteiger partial charge in [0.1, 0.15) is 11.5 Å². The SMILES string of the molecule is COc1cc2cc(-c3cnc4ccc(N[C@H]5CC[C@](C)(O)CC5)nn34)sc2cc1OC. The van der Waals surface area contributed by atoms with Crippen molar-refractivity contribution < 1.29 is 14.6 Å². The molecular formula is C23H26N4O3S. The molecule has 5 rings (SSSR count). The average molecular weight is 439 g/mol. The van der Waals surface area contributed by atoms with Gasteiger partial charge in [-0.3, -0.25) is 0 Å². The van der Waals surface area contributed by atoms with Crippen LogP contribution in [0.3, 0.4) is 0 Å². The van der Waals surface area contributed by atoms with Crippen molar-refractivity contribution in [2.45, 2.75) is 44.2 Å². The highest BCUT2D eigenvalue weighted by Gasteiger charge is 2.28. The number of aromatic nitrogens is 3. The summed E-state index contributed by atoms with van der Waals surface area (Å²) < 4.78 is 13.9. The van der Waals surface area contributed by atoms with Gasteiger partial charge in [-0.2, -0.15) is 0 Å². The summed E-state index contributed by atoms with van der Waals surface area (Å²) in [4.78, 5) is 5.62. The molecule has 2 N–H and O–H groups in total. The molecule has 1 saturated carbocycles. The van der Waals surface area contributed by atoms with E-state index in [0.29, 0.717) is 11.8 Å². The highest BCUT2D eigenvalue weighted by atomic mass is 32.1. The predicted molar refractivity (Wildman–Crippen MR) is 123 cm³/mol. The molecule has 0 spiro atoms. The van der Waals surface area contributed by atoms with E-state index in [9.17, 15) is 5.11 Å². The molecule has 3 aromatic heterocycles. The van der Waals surface area contributed by atoms with E-state index in [1.54, 1.807) is 25.6 Å². The van der Waals surface area contributed by atoms with Crippen LogP contribution in [0.25, 0.3) is 26.3 Å². The van der Waals surface area contributed by atoms with E-state index in [1.165, 1.54) is 0 Å². The molecule has 1 aliphatic carbocycles. The second kappa shape index (κ2) is 7.69. The van der Waals surface area contributed by atoms with Crippen molar-refractivity contribution in [3.8, 4) is 22.1 Å². The minimum atomic E-state index is -0.542. The van der Waals surface area contributed by atoms with Gasteiger partial charge in [0.25, 0.3) is 0 Å². The van der Waals surface area contributed by atoms with Gasteiger partial charge in [0.15, 0.2) is 17.1 Å². The van der Waals surface area contributed by atoms with E-state index in [4.69, 9.17) is 14.6 Å². The van der Waals surface area contributed by atoms with E-state index in [1.807, 2.05) is 41.9 Å². The van der Waals surface area contributed by atoms with Crippen molar-refractivity contribution in [2.24, 2.45) is 0 Å². The summed E-state index contributed by atoms with van der Waals surface area (Å²) in [5.41, 5.74) is 1.21. The van der Waals surface area contributed by atoms with Crippen LogP contribution in [0.15, 0.2) is 36.5 Å². The van der Waals surface area contributed by atoms with Crippen molar-refractivity contribution in [1.82, 2.24) is 14.6 Å². The molecule has 1 aliphatic rings. The number of ether oxygens (including phenoxy) is 2. The molecule has 1 aromatic carbocycles. The molecule has 0 atom stereocenters. The van der Waals surface area contributed by atoms with Gasteiger partial charge in [0, 0.05) is 16.8 Å². The molecule has 3 heterocycles. The third-order valence-corrected chi connectivity index (χ3v) is 7.17. The first kappa shape index (κ1) is 20.1. The van der Waals surface area contributed by atoms with Crippen LogP contribution in [-0.2, 0) is 0 Å². The molecule has 1 fully saturated rings. The largest absolute Gasteiger partial charge is 0.493 e. The molecule has 0 radical (unpaired) electrons. The lowest BCUT2D eigenvalue weighted by molar-refractivity contribution is 0.0196. The lowest BCUT2D eigenvalue weighted by atomic mass is 9.84. The predicted octanol–water partition coefficient (Wildman–Crippen LogP) is 4.73. The van der Waals surface area contributed by atoms with Crippen LogP contribution >= 0.6 is 11.3 Å².